The van der Waals surface area contributed by atoms with Gasteiger partial charge in [-0.05, 0) is 137 Å². The highest BCUT2D eigenvalue weighted by Crippen LogP contribution is 2.54. The first-order valence-electron chi connectivity index (χ1n) is 21.1. The zero-order valence-electron chi connectivity index (χ0n) is 35.3. The molecule has 0 fully saturated rings. The van der Waals surface area contributed by atoms with Crippen LogP contribution in [0, 0.1) is 0 Å². The van der Waals surface area contributed by atoms with Crippen molar-refractivity contribution in [3.05, 3.63) is 210 Å². The molecular formula is C58H51N. The van der Waals surface area contributed by atoms with Crippen LogP contribution in [0.25, 0.3) is 55.6 Å². The third-order valence-electron chi connectivity index (χ3n) is 13.2. The van der Waals surface area contributed by atoms with Crippen molar-refractivity contribution in [2.24, 2.45) is 0 Å². The molecule has 59 heavy (non-hydrogen) atoms. The molecule has 0 radical (unpaired) electrons. The quantitative estimate of drug-likeness (QED) is 0.163. The maximum Gasteiger partial charge on any atom is 0.0474 e. The van der Waals surface area contributed by atoms with Crippen molar-refractivity contribution in [3.63, 3.8) is 0 Å². The van der Waals surface area contributed by atoms with Gasteiger partial charge in [0.05, 0.1) is 0 Å². The molecule has 2 aliphatic rings. The number of nitrogens with zero attached hydrogens (tertiary/aromatic N) is 1. The van der Waals surface area contributed by atoms with Crippen molar-refractivity contribution in [2.75, 3.05) is 4.90 Å². The Morgan fingerprint density at radius 3 is 1.20 bits per heavy atom. The molecule has 0 aliphatic heterocycles. The van der Waals surface area contributed by atoms with Gasteiger partial charge in [-0.25, -0.2) is 0 Å². The lowest BCUT2D eigenvalue weighted by atomic mass is 9.75. The fourth-order valence-corrected chi connectivity index (χ4v) is 10.2. The van der Waals surface area contributed by atoms with Gasteiger partial charge in [-0.3, -0.25) is 0 Å². The Morgan fingerprint density at radius 1 is 0.322 bits per heavy atom. The maximum absolute atomic E-state index is 2.50. The lowest BCUT2D eigenvalue weighted by Crippen LogP contribution is -2.18. The second-order valence-electron chi connectivity index (χ2n) is 18.6. The van der Waals surface area contributed by atoms with Gasteiger partial charge in [0.15, 0.2) is 0 Å². The molecule has 0 saturated carbocycles. The highest BCUT2D eigenvalue weighted by atomic mass is 15.1. The van der Waals surface area contributed by atoms with E-state index in [4.69, 9.17) is 0 Å². The SMILES string of the molecule is CC(C)(C)c1c(-c2ccc3c(c2)C(C)(C)c2ccccc2-3)cc(N(c2ccccc2)c2ccc(-c3ccccc3)cc2)cc1-c1ccc2c(c1)C(C)(C)c1ccccc1-2. The number of anilines is 3. The van der Waals surface area contributed by atoms with Gasteiger partial charge in [-0.2, -0.15) is 0 Å². The second kappa shape index (κ2) is 13.6. The lowest BCUT2D eigenvalue weighted by Gasteiger charge is -2.32. The van der Waals surface area contributed by atoms with E-state index in [1.807, 2.05) is 0 Å². The highest BCUT2D eigenvalue weighted by molar-refractivity contribution is 5.92. The first kappa shape index (κ1) is 36.9. The molecule has 288 valence electrons. The molecule has 0 spiro atoms. The Morgan fingerprint density at radius 2 is 0.712 bits per heavy atom. The van der Waals surface area contributed by atoms with Crippen LogP contribution in [0.15, 0.2) is 182 Å². The predicted octanol–water partition coefficient (Wildman–Crippen LogP) is 16.1. The predicted molar refractivity (Wildman–Crippen MR) is 251 cm³/mol. The summed E-state index contributed by atoms with van der Waals surface area (Å²) in [5.74, 6) is 0. The van der Waals surface area contributed by atoms with Crippen LogP contribution in [0.2, 0.25) is 0 Å². The Hall–Kier alpha value is -6.44. The molecule has 0 unspecified atom stereocenters. The summed E-state index contributed by atoms with van der Waals surface area (Å²) in [6.45, 7) is 16.7. The smallest absolute Gasteiger partial charge is 0.0474 e. The van der Waals surface area contributed by atoms with Crippen LogP contribution in [-0.2, 0) is 16.2 Å². The summed E-state index contributed by atoms with van der Waals surface area (Å²) >= 11 is 0. The topological polar surface area (TPSA) is 3.24 Å². The van der Waals surface area contributed by atoms with E-state index in [2.05, 4.69) is 235 Å². The average molecular weight is 762 g/mol. The molecule has 0 heterocycles. The van der Waals surface area contributed by atoms with Crippen LogP contribution < -0.4 is 4.90 Å². The van der Waals surface area contributed by atoms with Crippen molar-refractivity contribution >= 4 is 17.1 Å². The van der Waals surface area contributed by atoms with Crippen LogP contribution in [0.4, 0.5) is 17.1 Å². The fourth-order valence-electron chi connectivity index (χ4n) is 10.2. The molecule has 0 N–H and O–H groups in total. The van der Waals surface area contributed by atoms with E-state index >= 15 is 0 Å². The molecule has 8 aromatic rings. The molecule has 8 aromatic carbocycles. The van der Waals surface area contributed by atoms with Gasteiger partial charge in [-0.1, -0.05) is 182 Å². The fraction of sp³-hybridized carbons (Fsp3) is 0.172. The van der Waals surface area contributed by atoms with E-state index < -0.39 is 0 Å². The number of rotatable bonds is 6. The molecule has 0 bridgehead atoms. The van der Waals surface area contributed by atoms with Crippen molar-refractivity contribution in [1.29, 1.82) is 0 Å². The van der Waals surface area contributed by atoms with Crippen LogP contribution in [0.5, 0.6) is 0 Å². The molecule has 1 nitrogen and oxygen atoms in total. The van der Waals surface area contributed by atoms with E-state index in [-0.39, 0.29) is 16.2 Å². The largest absolute Gasteiger partial charge is 0.310 e. The van der Waals surface area contributed by atoms with Crippen LogP contribution in [0.1, 0.15) is 76.3 Å². The minimum absolute atomic E-state index is 0.110. The van der Waals surface area contributed by atoms with Crippen LogP contribution in [0.3, 0.4) is 0 Å². The Bertz CT molecular complexity index is 2760. The summed E-state index contributed by atoms with van der Waals surface area (Å²) in [4.78, 5) is 2.44. The summed E-state index contributed by atoms with van der Waals surface area (Å²) < 4.78 is 0. The standard InChI is InChI=1S/C58H51N/c1-56(2,3)55-49(40-28-32-47-45-22-14-16-24-51(45)57(4,5)53(47)34-40)36-44(37-50(55)41-29-33-48-46-23-15-17-25-52(46)58(6,7)54(48)35-41)59(42-20-12-9-13-21-42)43-30-26-39(27-31-43)38-18-10-8-11-19-38/h8-37H,1-7H3. The number of benzene rings is 8. The summed E-state index contributed by atoms with van der Waals surface area (Å²) in [5.41, 5.74) is 22.7. The van der Waals surface area contributed by atoms with Gasteiger partial charge in [0.25, 0.3) is 0 Å². The third kappa shape index (κ3) is 5.98. The van der Waals surface area contributed by atoms with Gasteiger partial charge >= 0.3 is 0 Å². The van der Waals surface area contributed by atoms with Gasteiger partial charge in [0, 0.05) is 27.9 Å². The number of hydrogen-bond donors (Lipinski definition) is 0. The zero-order valence-corrected chi connectivity index (χ0v) is 35.3. The van der Waals surface area contributed by atoms with Gasteiger partial charge < -0.3 is 4.90 Å². The van der Waals surface area contributed by atoms with Gasteiger partial charge in [0.2, 0.25) is 0 Å². The molecule has 2 aliphatic carbocycles. The van der Waals surface area contributed by atoms with Crippen molar-refractivity contribution < 1.29 is 0 Å². The van der Waals surface area contributed by atoms with E-state index in [9.17, 15) is 0 Å². The van der Waals surface area contributed by atoms with Crippen molar-refractivity contribution in [3.8, 4) is 55.6 Å². The minimum Gasteiger partial charge on any atom is -0.310 e. The molecule has 1 heteroatoms. The maximum atomic E-state index is 2.50. The average Bonchev–Trinajstić information content (AvgIpc) is 3.63. The first-order chi connectivity index (χ1) is 28.4. The Kier molecular flexibility index (Phi) is 8.48. The Labute approximate surface area is 350 Å². The van der Waals surface area contributed by atoms with Crippen LogP contribution >= 0.6 is 0 Å². The molecule has 0 saturated heterocycles. The van der Waals surface area contributed by atoms with E-state index in [1.54, 1.807) is 0 Å². The second-order valence-corrected chi connectivity index (χ2v) is 18.6. The minimum atomic E-state index is -0.174. The highest BCUT2D eigenvalue weighted by Gasteiger charge is 2.38. The summed E-state index contributed by atoms with van der Waals surface area (Å²) in [7, 11) is 0. The molecule has 0 amide bonds. The Balaban J connectivity index is 1.24. The van der Waals surface area contributed by atoms with Gasteiger partial charge in [0.1, 0.15) is 0 Å². The van der Waals surface area contributed by atoms with E-state index in [0.29, 0.717) is 0 Å². The lowest BCUT2D eigenvalue weighted by molar-refractivity contribution is 0.593. The first-order valence-corrected chi connectivity index (χ1v) is 21.1. The van der Waals surface area contributed by atoms with Crippen LogP contribution in [-0.4, -0.2) is 0 Å². The summed E-state index contributed by atoms with van der Waals surface area (Å²) in [5, 5.41) is 0. The molecule has 0 atom stereocenters. The summed E-state index contributed by atoms with van der Waals surface area (Å²) in [6, 6.07) is 67.9. The zero-order chi connectivity index (χ0) is 40.7. The third-order valence-corrected chi connectivity index (χ3v) is 13.2. The van der Waals surface area contributed by atoms with Gasteiger partial charge in [-0.15, -0.1) is 0 Å². The number of hydrogen-bond acceptors (Lipinski definition) is 1. The number of para-hydroxylation sites is 1. The van der Waals surface area contributed by atoms with E-state index in [0.717, 1.165) is 17.1 Å². The number of fused-ring (bicyclic) bond motifs is 6. The van der Waals surface area contributed by atoms with Crippen molar-refractivity contribution in [2.45, 2.75) is 64.7 Å². The molecule has 0 aromatic heterocycles. The molecular weight excluding hydrogens is 711 g/mol. The monoisotopic (exact) mass is 761 g/mol. The van der Waals surface area contributed by atoms with Crippen molar-refractivity contribution in [1.82, 2.24) is 0 Å². The summed E-state index contributed by atoms with van der Waals surface area (Å²) in [6.07, 6.45) is 0. The molecule has 10 rings (SSSR count). The normalized spacial score (nSPS) is 14.3. The van der Waals surface area contributed by atoms with E-state index in [1.165, 1.54) is 83.5 Å².